The highest BCUT2D eigenvalue weighted by Gasteiger charge is 1.99. The molecule has 0 aliphatic heterocycles. The van der Waals surface area contributed by atoms with Gasteiger partial charge in [-0.25, -0.2) is 0 Å². The zero-order chi connectivity index (χ0) is 8.10. The molecule has 0 aliphatic rings. The first-order valence-electron chi connectivity index (χ1n) is 3.14. The van der Waals surface area contributed by atoms with Crippen LogP contribution >= 0.6 is 0 Å². The van der Waals surface area contributed by atoms with E-state index in [0.717, 1.165) is 0 Å². The van der Waals surface area contributed by atoms with Gasteiger partial charge >= 0.3 is 0 Å². The average molecular weight is 145 g/mol. The third-order valence-electron chi connectivity index (χ3n) is 1.21. The van der Waals surface area contributed by atoms with E-state index in [1.54, 1.807) is 25.4 Å². The zero-order valence-corrected chi connectivity index (χ0v) is 6.15. The van der Waals surface area contributed by atoms with Crippen molar-refractivity contribution in [2.24, 2.45) is 4.99 Å². The summed E-state index contributed by atoms with van der Waals surface area (Å²) in [6, 6.07) is 5.40. The van der Waals surface area contributed by atoms with Crippen LogP contribution in [0.25, 0.3) is 4.85 Å². The Morgan fingerprint density at radius 2 is 2.45 bits per heavy atom. The molecule has 0 spiro atoms. The summed E-state index contributed by atoms with van der Waals surface area (Å²) in [5.74, 6) is 0.352. The lowest BCUT2D eigenvalue weighted by Crippen LogP contribution is -1.96. The van der Waals surface area contributed by atoms with E-state index in [4.69, 9.17) is 6.57 Å². The topological polar surface area (TPSA) is 29.6 Å². The van der Waals surface area contributed by atoms with Gasteiger partial charge in [0.2, 0.25) is 0 Å². The van der Waals surface area contributed by atoms with Gasteiger partial charge in [-0.1, -0.05) is 12.6 Å². The monoisotopic (exact) mass is 145 g/mol. The molecule has 0 bridgehead atoms. The van der Waals surface area contributed by atoms with Crippen molar-refractivity contribution in [2.45, 2.75) is 0 Å². The summed E-state index contributed by atoms with van der Waals surface area (Å²) in [6.07, 6.45) is 1.64. The summed E-state index contributed by atoms with van der Waals surface area (Å²) in [5, 5.41) is 0. The number of hydrogen-bond acceptors (Lipinski definition) is 2. The van der Waals surface area contributed by atoms with Crippen LogP contribution in [0.4, 0.5) is 0 Å². The Hall–Kier alpha value is -1.69. The number of nitrogens with zero attached hydrogens (tertiary/aromatic N) is 3. The standard InChI is InChI=1S/C8H7N3/c1-9-8(10-2)7-5-3-4-6-11-7/h3-6H,1H3. The molecule has 1 rings (SSSR count). The van der Waals surface area contributed by atoms with Gasteiger partial charge in [-0.05, 0) is 12.1 Å². The van der Waals surface area contributed by atoms with Crippen LogP contribution < -0.4 is 0 Å². The second kappa shape index (κ2) is 3.47. The first kappa shape index (κ1) is 7.42. The summed E-state index contributed by atoms with van der Waals surface area (Å²) in [5.41, 5.74) is 0.630. The molecule has 1 aromatic rings. The molecule has 1 heterocycles. The summed E-state index contributed by atoms with van der Waals surface area (Å²) >= 11 is 0. The van der Waals surface area contributed by atoms with E-state index in [9.17, 15) is 0 Å². The van der Waals surface area contributed by atoms with Crippen molar-refractivity contribution < 1.29 is 0 Å². The summed E-state index contributed by atoms with van der Waals surface area (Å²) in [6.45, 7) is 6.75. The molecule has 11 heavy (non-hydrogen) atoms. The largest absolute Gasteiger partial charge is 0.359 e. The normalized spacial score (nSPS) is 10.7. The van der Waals surface area contributed by atoms with Gasteiger partial charge in [0, 0.05) is 6.20 Å². The third kappa shape index (κ3) is 1.62. The quantitative estimate of drug-likeness (QED) is 0.333. The molecule has 0 unspecified atom stereocenters. The Morgan fingerprint density at radius 1 is 1.64 bits per heavy atom. The Labute approximate surface area is 65.2 Å². The summed E-state index contributed by atoms with van der Waals surface area (Å²) < 4.78 is 0. The minimum atomic E-state index is 0.352. The third-order valence-corrected chi connectivity index (χ3v) is 1.21. The van der Waals surface area contributed by atoms with Crippen LogP contribution in [0, 0.1) is 6.57 Å². The van der Waals surface area contributed by atoms with Crippen LogP contribution in [0.5, 0.6) is 0 Å². The molecular formula is C8H7N3. The first-order valence-corrected chi connectivity index (χ1v) is 3.14. The van der Waals surface area contributed by atoms with Gasteiger partial charge in [0.05, 0.1) is 5.69 Å². The number of aliphatic imine (C=N–C) groups is 1. The van der Waals surface area contributed by atoms with E-state index in [2.05, 4.69) is 14.8 Å². The number of pyridine rings is 1. The maximum atomic E-state index is 6.75. The second-order valence-corrected chi connectivity index (χ2v) is 1.87. The molecule has 0 N–H and O–H groups in total. The maximum Gasteiger partial charge on any atom is 0.289 e. The lowest BCUT2D eigenvalue weighted by atomic mass is 10.3. The molecule has 0 amide bonds. The van der Waals surface area contributed by atoms with Crippen molar-refractivity contribution >= 4 is 5.84 Å². The molecule has 0 radical (unpaired) electrons. The lowest BCUT2D eigenvalue weighted by Gasteiger charge is -1.92. The zero-order valence-electron chi connectivity index (χ0n) is 6.15. The molecule has 0 fully saturated rings. The van der Waals surface area contributed by atoms with Gasteiger partial charge in [-0.15, -0.1) is 0 Å². The Morgan fingerprint density at radius 3 is 2.91 bits per heavy atom. The van der Waals surface area contributed by atoms with Crippen molar-refractivity contribution in [3.63, 3.8) is 0 Å². The molecule has 0 aromatic carbocycles. The van der Waals surface area contributed by atoms with Gasteiger partial charge in [0.1, 0.15) is 7.05 Å². The number of hydrogen-bond donors (Lipinski definition) is 0. The van der Waals surface area contributed by atoms with Crippen LogP contribution in [0.3, 0.4) is 0 Å². The number of amidine groups is 1. The average Bonchev–Trinajstić information content (AvgIpc) is 2.09. The molecule has 3 heteroatoms. The van der Waals surface area contributed by atoms with Gasteiger partial charge in [-0.3, -0.25) is 4.98 Å². The highest BCUT2D eigenvalue weighted by molar-refractivity contribution is 6.04. The van der Waals surface area contributed by atoms with E-state index in [0.29, 0.717) is 11.5 Å². The smallest absolute Gasteiger partial charge is 0.289 e. The number of aromatic nitrogens is 1. The fraction of sp³-hybridized carbons (Fsp3) is 0.125. The van der Waals surface area contributed by atoms with E-state index in [1.165, 1.54) is 0 Å². The van der Waals surface area contributed by atoms with Crippen molar-refractivity contribution in [3.05, 3.63) is 41.5 Å². The van der Waals surface area contributed by atoms with E-state index >= 15 is 0 Å². The maximum absolute atomic E-state index is 6.75. The molecule has 54 valence electrons. The minimum Gasteiger partial charge on any atom is -0.359 e. The molecule has 0 atom stereocenters. The number of rotatable bonds is 1. The van der Waals surface area contributed by atoms with Gasteiger partial charge in [0.15, 0.2) is 0 Å². The second-order valence-electron chi connectivity index (χ2n) is 1.87. The predicted molar refractivity (Wildman–Crippen MR) is 43.3 cm³/mol. The van der Waals surface area contributed by atoms with Crippen molar-refractivity contribution in [2.75, 3.05) is 7.05 Å². The molecular weight excluding hydrogens is 138 g/mol. The fourth-order valence-corrected chi connectivity index (χ4v) is 0.717. The van der Waals surface area contributed by atoms with Crippen LogP contribution in [0.1, 0.15) is 5.69 Å². The fourth-order valence-electron chi connectivity index (χ4n) is 0.717. The molecule has 0 saturated heterocycles. The van der Waals surface area contributed by atoms with Gasteiger partial charge in [0.25, 0.3) is 5.84 Å². The highest BCUT2D eigenvalue weighted by Crippen LogP contribution is 1.96. The summed E-state index contributed by atoms with van der Waals surface area (Å²) in [7, 11) is 1.59. The molecule has 1 aromatic heterocycles. The van der Waals surface area contributed by atoms with E-state index in [1.807, 2.05) is 6.07 Å². The van der Waals surface area contributed by atoms with Gasteiger partial charge < -0.3 is 4.85 Å². The van der Waals surface area contributed by atoms with Crippen LogP contribution in [-0.4, -0.2) is 17.9 Å². The summed E-state index contributed by atoms with van der Waals surface area (Å²) in [4.78, 5) is 11.0. The lowest BCUT2D eigenvalue weighted by molar-refractivity contribution is 1.28. The van der Waals surface area contributed by atoms with Crippen LogP contribution in [0.2, 0.25) is 0 Å². The van der Waals surface area contributed by atoms with Crippen LogP contribution in [-0.2, 0) is 0 Å². The van der Waals surface area contributed by atoms with Gasteiger partial charge in [-0.2, -0.15) is 4.99 Å². The molecule has 3 nitrogen and oxygen atoms in total. The van der Waals surface area contributed by atoms with E-state index in [-0.39, 0.29) is 0 Å². The minimum absolute atomic E-state index is 0.352. The Kier molecular flexibility index (Phi) is 2.34. The van der Waals surface area contributed by atoms with Crippen LogP contribution in [0.15, 0.2) is 29.4 Å². The van der Waals surface area contributed by atoms with Crippen molar-refractivity contribution in [3.8, 4) is 0 Å². The predicted octanol–water partition coefficient (Wildman–Crippen LogP) is 1.38. The molecule has 0 aliphatic carbocycles. The van der Waals surface area contributed by atoms with Crippen molar-refractivity contribution in [1.82, 2.24) is 4.98 Å². The first-order chi connectivity index (χ1) is 5.38. The van der Waals surface area contributed by atoms with E-state index < -0.39 is 0 Å². The highest BCUT2D eigenvalue weighted by atomic mass is 14.9. The van der Waals surface area contributed by atoms with Crippen molar-refractivity contribution in [1.29, 1.82) is 0 Å². The Bertz CT molecular complexity index is 295. The Balaban J connectivity index is 3.05. The molecule has 0 saturated carbocycles. The SMILES string of the molecule is [C-]#[N+]C(=NC)c1ccccn1.